The van der Waals surface area contributed by atoms with Gasteiger partial charge in [-0.15, -0.1) is 0 Å². The smallest absolute Gasteiger partial charge is 0.147 e. The first-order valence-electron chi connectivity index (χ1n) is 5.60. The van der Waals surface area contributed by atoms with Crippen molar-refractivity contribution >= 4 is 0 Å². The number of aliphatic hydroxyl groups is 1. The number of pyridine rings is 1. The molecular formula is C14H13F2NO. The second-order valence-electron chi connectivity index (χ2n) is 4.19. The minimum Gasteiger partial charge on any atom is -0.388 e. The van der Waals surface area contributed by atoms with Gasteiger partial charge >= 0.3 is 0 Å². The summed E-state index contributed by atoms with van der Waals surface area (Å²) < 4.78 is 26.4. The molecule has 0 aliphatic heterocycles. The molecule has 1 aromatic heterocycles. The zero-order valence-electron chi connectivity index (χ0n) is 9.90. The number of rotatable bonds is 3. The number of hydrogen-bond donors (Lipinski definition) is 1. The second kappa shape index (κ2) is 5.23. The summed E-state index contributed by atoms with van der Waals surface area (Å²) in [6, 6.07) is 5.77. The van der Waals surface area contributed by atoms with Gasteiger partial charge in [0.15, 0.2) is 0 Å². The van der Waals surface area contributed by atoms with Crippen LogP contribution in [0.25, 0.3) is 0 Å². The number of aliphatic hydroxyl groups excluding tert-OH is 1. The van der Waals surface area contributed by atoms with Gasteiger partial charge < -0.3 is 5.11 Å². The molecule has 1 aromatic carbocycles. The van der Waals surface area contributed by atoms with Crippen LogP contribution in [0, 0.1) is 18.6 Å². The lowest BCUT2D eigenvalue weighted by atomic mass is 9.98. The number of aromatic nitrogens is 1. The third kappa shape index (κ3) is 2.71. The van der Waals surface area contributed by atoms with Crippen LogP contribution in [0.1, 0.15) is 22.8 Å². The van der Waals surface area contributed by atoms with Crippen molar-refractivity contribution in [3.63, 3.8) is 0 Å². The summed E-state index contributed by atoms with van der Waals surface area (Å²) in [5, 5.41) is 9.99. The Balaban J connectivity index is 2.21. The molecular weight excluding hydrogens is 236 g/mol. The van der Waals surface area contributed by atoms with Gasteiger partial charge in [0.25, 0.3) is 0 Å². The number of hydrogen-bond acceptors (Lipinski definition) is 2. The van der Waals surface area contributed by atoms with Crippen LogP contribution in [0.3, 0.4) is 0 Å². The molecule has 1 N–H and O–H groups in total. The molecule has 0 fully saturated rings. The molecule has 0 amide bonds. The molecule has 0 saturated carbocycles. The highest BCUT2D eigenvalue weighted by atomic mass is 19.1. The summed E-state index contributed by atoms with van der Waals surface area (Å²) in [6.07, 6.45) is 1.78. The molecule has 0 aliphatic carbocycles. The van der Waals surface area contributed by atoms with Crippen molar-refractivity contribution in [1.29, 1.82) is 0 Å². The van der Waals surface area contributed by atoms with Gasteiger partial charge in [0.2, 0.25) is 0 Å². The van der Waals surface area contributed by atoms with E-state index in [0.29, 0.717) is 0 Å². The lowest BCUT2D eigenvalue weighted by Gasteiger charge is -2.13. The molecule has 0 saturated heterocycles. The molecule has 94 valence electrons. The van der Waals surface area contributed by atoms with Gasteiger partial charge in [-0.3, -0.25) is 4.98 Å². The van der Waals surface area contributed by atoms with Crippen LogP contribution in [0.5, 0.6) is 0 Å². The Labute approximate surface area is 104 Å². The van der Waals surface area contributed by atoms with E-state index >= 15 is 0 Å². The monoisotopic (exact) mass is 249 g/mol. The van der Waals surface area contributed by atoms with Crippen LogP contribution in [-0.2, 0) is 6.42 Å². The van der Waals surface area contributed by atoms with Crippen LogP contribution in [0.2, 0.25) is 0 Å². The van der Waals surface area contributed by atoms with Crippen molar-refractivity contribution in [1.82, 2.24) is 4.98 Å². The van der Waals surface area contributed by atoms with Gasteiger partial charge in [0.05, 0.1) is 12.3 Å². The van der Waals surface area contributed by atoms with E-state index < -0.39 is 11.9 Å². The fraction of sp³-hybridized carbons (Fsp3) is 0.214. The minimum atomic E-state index is -0.961. The van der Waals surface area contributed by atoms with Crippen molar-refractivity contribution < 1.29 is 13.9 Å². The predicted octanol–water partition coefficient (Wildman–Crippen LogP) is 2.94. The average Bonchev–Trinajstić information content (AvgIpc) is 2.33. The van der Waals surface area contributed by atoms with E-state index in [1.165, 1.54) is 24.4 Å². The Kier molecular flexibility index (Phi) is 3.67. The summed E-state index contributed by atoms with van der Waals surface area (Å²) in [4.78, 5) is 3.63. The van der Waals surface area contributed by atoms with E-state index in [9.17, 15) is 13.9 Å². The van der Waals surface area contributed by atoms with E-state index in [1.807, 2.05) is 0 Å². The van der Waals surface area contributed by atoms with E-state index in [1.54, 1.807) is 13.0 Å². The van der Waals surface area contributed by atoms with Gasteiger partial charge in [0.1, 0.15) is 11.6 Å². The minimum absolute atomic E-state index is 0.203. The average molecular weight is 249 g/mol. The number of benzene rings is 1. The normalized spacial score (nSPS) is 12.4. The van der Waals surface area contributed by atoms with Crippen LogP contribution in [-0.4, -0.2) is 10.1 Å². The molecule has 0 aliphatic rings. The Morgan fingerprint density at radius 2 is 2.06 bits per heavy atom. The van der Waals surface area contributed by atoms with E-state index in [0.717, 1.165) is 17.3 Å². The van der Waals surface area contributed by atoms with Crippen LogP contribution in [0.15, 0.2) is 36.7 Å². The molecule has 1 heterocycles. The van der Waals surface area contributed by atoms with Gasteiger partial charge in [-0.1, -0.05) is 6.07 Å². The largest absolute Gasteiger partial charge is 0.388 e. The van der Waals surface area contributed by atoms with E-state index in [-0.39, 0.29) is 17.8 Å². The maximum Gasteiger partial charge on any atom is 0.147 e. The summed E-state index contributed by atoms with van der Waals surface area (Å²) in [5.74, 6) is -0.856. The standard InChI is InChI=1S/C14H13F2NO/c1-9-6-11(15)3-2-10(9)7-14(18)12-4-5-17-8-13(12)16/h2-6,8,14,18H,7H2,1H3. The Bertz CT molecular complexity index is 557. The first kappa shape index (κ1) is 12.6. The maximum atomic E-state index is 13.4. The molecule has 4 heteroatoms. The van der Waals surface area contributed by atoms with Crippen LogP contribution < -0.4 is 0 Å². The van der Waals surface area contributed by atoms with Gasteiger partial charge in [-0.2, -0.15) is 0 Å². The highest BCUT2D eigenvalue weighted by Crippen LogP contribution is 2.22. The maximum absolute atomic E-state index is 13.4. The molecule has 0 radical (unpaired) electrons. The van der Waals surface area contributed by atoms with Gasteiger partial charge in [-0.25, -0.2) is 8.78 Å². The lowest BCUT2D eigenvalue weighted by molar-refractivity contribution is 0.173. The molecule has 1 atom stereocenters. The number of halogens is 2. The second-order valence-corrected chi connectivity index (χ2v) is 4.19. The predicted molar refractivity (Wildman–Crippen MR) is 64.0 cm³/mol. The van der Waals surface area contributed by atoms with E-state index in [4.69, 9.17) is 0 Å². The van der Waals surface area contributed by atoms with Crippen molar-refractivity contribution in [3.8, 4) is 0 Å². The van der Waals surface area contributed by atoms with Crippen LogP contribution in [0.4, 0.5) is 8.78 Å². The molecule has 18 heavy (non-hydrogen) atoms. The summed E-state index contributed by atoms with van der Waals surface area (Å²) in [7, 11) is 0. The quantitative estimate of drug-likeness (QED) is 0.907. The first-order chi connectivity index (χ1) is 8.58. The summed E-state index contributed by atoms with van der Waals surface area (Å²) >= 11 is 0. The third-order valence-electron chi connectivity index (χ3n) is 2.88. The highest BCUT2D eigenvalue weighted by molar-refractivity contribution is 5.29. The summed E-state index contributed by atoms with van der Waals surface area (Å²) in [6.45, 7) is 1.76. The zero-order chi connectivity index (χ0) is 13.1. The number of aryl methyl sites for hydroxylation is 1. The van der Waals surface area contributed by atoms with Crippen LogP contribution >= 0.6 is 0 Å². The van der Waals surface area contributed by atoms with Gasteiger partial charge in [-0.05, 0) is 36.2 Å². The zero-order valence-corrected chi connectivity index (χ0v) is 9.90. The molecule has 2 aromatic rings. The molecule has 0 bridgehead atoms. The Morgan fingerprint density at radius 1 is 1.28 bits per heavy atom. The molecule has 0 spiro atoms. The van der Waals surface area contributed by atoms with Crippen molar-refractivity contribution in [2.24, 2.45) is 0 Å². The number of nitrogens with zero attached hydrogens (tertiary/aromatic N) is 1. The SMILES string of the molecule is Cc1cc(F)ccc1CC(O)c1ccncc1F. The Morgan fingerprint density at radius 3 is 2.72 bits per heavy atom. The Hall–Kier alpha value is -1.81. The molecule has 2 rings (SSSR count). The topological polar surface area (TPSA) is 33.1 Å². The van der Waals surface area contributed by atoms with Crippen molar-refractivity contribution in [2.45, 2.75) is 19.4 Å². The molecule has 1 unspecified atom stereocenters. The lowest BCUT2D eigenvalue weighted by Crippen LogP contribution is -2.06. The fourth-order valence-corrected chi connectivity index (χ4v) is 1.86. The highest BCUT2D eigenvalue weighted by Gasteiger charge is 2.14. The van der Waals surface area contributed by atoms with Crippen molar-refractivity contribution in [2.75, 3.05) is 0 Å². The van der Waals surface area contributed by atoms with Crippen molar-refractivity contribution in [3.05, 3.63) is 65.0 Å². The van der Waals surface area contributed by atoms with Gasteiger partial charge in [0, 0.05) is 18.2 Å². The fourth-order valence-electron chi connectivity index (χ4n) is 1.86. The summed E-state index contributed by atoms with van der Waals surface area (Å²) in [5.41, 5.74) is 1.73. The third-order valence-corrected chi connectivity index (χ3v) is 2.88. The first-order valence-corrected chi connectivity index (χ1v) is 5.60. The molecule has 2 nitrogen and oxygen atoms in total. The van der Waals surface area contributed by atoms with E-state index in [2.05, 4.69) is 4.98 Å².